The second-order valence-corrected chi connectivity index (χ2v) is 8.61. The second kappa shape index (κ2) is 9.25. The Labute approximate surface area is 174 Å². The second-order valence-electron chi connectivity index (χ2n) is 8.61. The third-order valence-electron chi connectivity index (χ3n) is 5.65. The molecule has 3 rings (SSSR count). The monoisotopic (exact) mass is 392 g/mol. The van der Waals surface area contributed by atoms with Crippen LogP contribution in [0.1, 0.15) is 56.2 Å². The number of benzene rings is 2. The van der Waals surface area contributed by atoms with E-state index >= 15 is 0 Å². The molecule has 2 aromatic rings. The number of amides is 2. The summed E-state index contributed by atoms with van der Waals surface area (Å²) in [5.41, 5.74) is 4.22. The molecule has 29 heavy (non-hydrogen) atoms. The van der Waals surface area contributed by atoms with Crippen LogP contribution in [0, 0.1) is 12.8 Å². The van der Waals surface area contributed by atoms with Crippen molar-refractivity contribution in [2.75, 3.05) is 11.9 Å². The van der Waals surface area contributed by atoms with Crippen molar-refractivity contribution in [2.45, 2.75) is 58.9 Å². The largest absolute Gasteiger partial charge is 0.330 e. The summed E-state index contributed by atoms with van der Waals surface area (Å²) in [6.45, 7) is 9.00. The van der Waals surface area contributed by atoms with E-state index in [0.717, 1.165) is 29.7 Å². The molecule has 1 heterocycles. The Morgan fingerprint density at radius 1 is 1.03 bits per heavy atom. The first-order valence-corrected chi connectivity index (χ1v) is 10.6. The van der Waals surface area contributed by atoms with Crippen molar-refractivity contribution in [3.05, 3.63) is 65.2 Å². The van der Waals surface area contributed by atoms with Crippen molar-refractivity contribution < 1.29 is 9.59 Å². The van der Waals surface area contributed by atoms with Gasteiger partial charge in [0.1, 0.15) is 6.04 Å². The molecule has 0 aliphatic carbocycles. The molecule has 2 amide bonds. The molecule has 0 bridgehead atoms. The molecule has 4 heteroatoms. The van der Waals surface area contributed by atoms with Gasteiger partial charge in [-0.15, -0.1) is 0 Å². The van der Waals surface area contributed by atoms with Crippen LogP contribution in [0.5, 0.6) is 0 Å². The minimum absolute atomic E-state index is 0.0307. The van der Waals surface area contributed by atoms with Crippen LogP contribution >= 0.6 is 0 Å². The van der Waals surface area contributed by atoms with Crippen LogP contribution in [0.25, 0.3) is 0 Å². The van der Waals surface area contributed by atoms with Gasteiger partial charge in [0, 0.05) is 12.2 Å². The van der Waals surface area contributed by atoms with Gasteiger partial charge in [0.2, 0.25) is 11.8 Å². The van der Waals surface area contributed by atoms with E-state index in [-0.39, 0.29) is 17.7 Å². The molecule has 1 aliphatic rings. The molecule has 0 spiro atoms. The maximum absolute atomic E-state index is 13.2. The van der Waals surface area contributed by atoms with E-state index in [9.17, 15) is 9.59 Å². The maximum Gasteiger partial charge on any atom is 0.247 e. The zero-order valence-corrected chi connectivity index (χ0v) is 17.9. The van der Waals surface area contributed by atoms with Crippen LogP contribution in [0.2, 0.25) is 0 Å². The van der Waals surface area contributed by atoms with E-state index in [4.69, 9.17) is 0 Å². The minimum Gasteiger partial charge on any atom is -0.330 e. The zero-order valence-electron chi connectivity index (χ0n) is 17.9. The van der Waals surface area contributed by atoms with Crippen molar-refractivity contribution in [1.82, 2.24) is 4.90 Å². The average Bonchev–Trinajstić information content (AvgIpc) is 3.19. The first-order chi connectivity index (χ1) is 13.8. The standard InChI is InChI=1S/C25H32N2O2/c1-17(2)16-20-9-11-21(12-10-20)19(4)25(29)27-15-5-6-23(27)24(28)26-22-13-7-18(3)8-14-22/h7-14,17,19,23H,5-6,15-16H2,1-4H3,(H,26,28). The quantitative estimate of drug-likeness (QED) is 0.758. The predicted molar refractivity (Wildman–Crippen MR) is 118 cm³/mol. The van der Waals surface area contributed by atoms with Gasteiger partial charge >= 0.3 is 0 Å². The van der Waals surface area contributed by atoms with Crippen molar-refractivity contribution in [3.8, 4) is 0 Å². The molecule has 2 unspecified atom stereocenters. The van der Waals surface area contributed by atoms with E-state index in [1.54, 1.807) is 4.90 Å². The van der Waals surface area contributed by atoms with Gasteiger partial charge < -0.3 is 10.2 Å². The van der Waals surface area contributed by atoms with Crippen LogP contribution in [0.3, 0.4) is 0 Å². The number of nitrogens with one attached hydrogen (secondary N) is 1. The van der Waals surface area contributed by atoms with Gasteiger partial charge in [-0.1, -0.05) is 55.8 Å². The van der Waals surface area contributed by atoms with Gasteiger partial charge in [0.15, 0.2) is 0 Å². The first-order valence-electron chi connectivity index (χ1n) is 10.6. The van der Waals surface area contributed by atoms with Gasteiger partial charge in [-0.25, -0.2) is 0 Å². The molecule has 1 fully saturated rings. The summed E-state index contributed by atoms with van der Waals surface area (Å²) in [5.74, 6) is 0.288. The first kappa shape index (κ1) is 21.1. The molecule has 0 aromatic heterocycles. The molecule has 0 saturated carbocycles. The van der Waals surface area contributed by atoms with Crippen molar-refractivity contribution in [1.29, 1.82) is 0 Å². The fourth-order valence-electron chi connectivity index (χ4n) is 3.97. The molecular weight excluding hydrogens is 360 g/mol. The lowest BCUT2D eigenvalue weighted by Gasteiger charge is -2.27. The molecule has 4 nitrogen and oxygen atoms in total. The summed E-state index contributed by atoms with van der Waals surface area (Å²) in [5, 5.41) is 2.97. The molecule has 1 saturated heterocycles. The summed E-state index contributed by atoms with van der Waals surface area (Å²) in [6.07, 6.45) is 2.61. The third-order valence-corrected chi connectivity index (χ3v) is 5.65. The van der Waals surface area contributed by atoms with Crippen LogP contribution < -0.4 is 5.32 Å². The van der Waals surface area contributed by atoms with Crippen molar-refractivity contribution >= 4 is 17.5 Å². The van der Waals surface area contributed by atoms with Crippen LogP contribution in [0.15, 0.2) is 48.5 Å². The summed E-state index contributed by atoms with van der Waals surface area (Å²) >= 11 is 0. The molecule has 2 aromatic carbocycles. The Kier molecular flexibility index (Phi) is 6.73. The predicted octanol–water partition coefficient (Wildman–Crippen LogP) is 4.93. The highest BCUT2D eigenvalue weighted by Gasteiger charge is 2.36. The number of likely N-dealkylation sites (tertiary alicyclic amines) is 1. The van der Waals surface area contributed by atoms with E-state index in [2.05, 4.69) is 43.4 Å². The normalized spacial score (nSPS) is 17.4. The SMILES string of the molecule is Cc1ccc(NC(=O)C2CCCN2C(=O)C(C)c2ccc(CC(C)C)cc2)cc1. The smallest absolute Gasteiger partial charge is 0.247 e. The molecule has 2 atom stereocenters. The molecule has 1 N–H and O–H groups in total. The number of anilines is 1. The lowest BCUT2D eigenvalue weighted by molar-refractivity contribution is -0.137. The summed E-state index contributed by atoms with van der Waals surface area (Å²) < 4.78 is 0. The van der Waals surface area contributed by atoms with E-state index in [1.165, 1.54) is 5.56 Å². The molecule has 154 valence electrons. The highest BCUT2D eigenvalue weighted by Crippen LogP contribution is 2.26. The lowest BCUT2D eigenvalue weighted by atomic mass is 9.95. The van der Waals surface area contributed by atoms with Crippen LogP contribution in [0.4, 0.5) is 5.69 Å². The van der Waals surface area contributed by atoms with Gasteiger partial charge in [0.25, 0.3) is 0 Å². The molecular formula is C25H32N2O2. The number of nitrogens with zero attached hydrogens (tertiary/aromatic N) is 1. The van der Waals surface area contributed by atoms with Gasteiger partial charge in [0.05, 0.1) is 5.92 Å². The number of carbonyl (C=O) groups excluding carboxylic acids is 2. The van der Waals surface area contributed by atoms with E-state index < -0.39 is 6.04 Å². The average molecular weight is 393 g/mol. The van der Waals surface area contributed by atoms with Gasteiger partial charge in [-0.2, -0.15) is 0 Å². The molecule has 0 radical (unpaired) electrons. The Bertz CT molecular complexity index is 840. The highest BCUT2D eigenvalue weighted by molar-refractivity contribution is 5.98. The van der Waals surface area contributed by atoms with Crippen molar-refractivity contribution in [2.24, 2.45) is 5.92 Å². The Balaban J connectivity index is 1.66. The minimum atomic E-state index is -0.397. The third kappa shape index (κ3) is 5.26. The zero-order chi connectivity index (χ0) is 21.0. The Morgan fingerprint density at radius 3 is 2.31 bits per heavy atom. The van der Waals surface area contributed by atoms with Crippen LogP contribution in [-0.4, -0.2) is 29.3 Å². The summed E-state index contributed by atoms with van der Waals surface area (Å²) in [4.78, 5) is 27.7. The maximum atomic E-state index is 13.2. The number of hydrogen-bond donors (Lipinski definition) is 1. The van der Waals surface area contributed by atoms with E-state index in [1.807, 2.05) is 38.1 Å². The number of rotatable bonds is 6. The van der Waals surface area contributed by atoms with Gasteiger partial charge in [-0.3, -0.25) is 9.59 Å². The van der Waals surface area contributed by atoms with Crippen LogP contribution in [-0.2, 0) is 16.0 Å². The number of aryl methyl sites for hydroxylation is 1. The lowest BCUT2D eigenvalue weighted by Crippen LogP contribution is -2.44. The Hall–Kier alpha value is -2.62. The summed E-state index contributed by atoms with van der Waals surface area (Å²) in [7, 11) is 0. The molecule has 1 aliphatic heterocycles. The Morgan fingerprint density at radius 2 is 1.69 bits per heavy atom. The fraction of sp³-hybridized carbons (Fsp3) is 0.440. The fourth-order valence-corrected chi connectivity index (χ4v) is 3.97. The summed E-state index contributed by atoms with van der Waals surface area (Å²) in [6, 6.07) is 15.7. The van der Waals surface area contributed by atoms with Crippen molar-refractivity contribution in [3.63, 3.8) is 0 Å². The van der Waals surface area contributed by atoms with Gasteiger partial charge in [-0.05, 0) is 62.3 Å². The highest BCUT2D eigenvalue weighted by atomic mass is 16.2. The number of carbonyl (C=O) groups is 2. The van der Waals surface area contributed by atoms with E-state index in [0.29, 0.717) is 18.9 Å². The number of hydrogen-bond acceptors (Lipinski definition) is 2. The topological polar surface area (TPSA) is 49.4 Å².